The molecule has 2 heterocycles. The molecule has 0 saturated carbocycles. The molecule has 2 rings (SSSR count). The number of aromatic nitrogens is 4. The summed E-state index contributed by atoms with van der Waals surface area (Å²) in [5, 5.41) is 7.00. The second-order valence-electron chi connectivity index (χ2n) is 3.23. The number of imidazole rings is 1. The van der Waals surface area contributed by atoms with Gasteiger partial charge in [0.05, 0.1) is 6.33 Å². The molecule has 1 N–H and O–H groups in total. The molecule has 7 nitrogen and oxygen atoms in total. The Morgan fingerprint density at radius 3 is 2.25 bits per heavy atom. The summed E-state index contributed by atoms with van der Waals surface area (Å²) < 4.78 is 4.04. The lowest BCUT2D eigenvalue weighted by Crippen LogP contribution is -2.37. The molecule has 0 aliphatic carbocycles. The monoisotopic (exact) mass is 226 g/mol. The van der Waals surface area contributed by atoms with Crippen molar-refractivity contribution in [1.29, 1.82) is 0 Å². The molecule has 0 atom stereocenters. The lowest BCUT2D eigenvalue weighted by molar-refractivity contribution is 0.399. The van der Waals surface area contributed by atoms with Crippen molar-refractivity contribution in [2.24, 2.45) is 21.1 Å². The zero-order chi connectivity index (χ0) is 12.5. The fourth-order valence-electron chi connectivity index (χ4n) is 1.47. The van der Waals surface area contributed by atoms with Crippen LogP contribution in [-0.4, -0.2) is 30.9 Å². The van der Waals surface area contributed by atoms with Crippen LogP contribution in [0.1, 0.15) is 0 Å². The minimum Gasteiger partial charge on any atom is -0.400 e. The number of hydrogen-bond acceptors (Lipinski definition) is 4. The van der Waals surface area contributed by atoms with E-state index in [1.165, 1.54) is 17.9 Å². The molecule has 2 aromatic heterocycles. The normalized spacial score (nSPS) is 10.1. The first-order valence-corrected chi connectivity index (χ1v) is 4.56. The summed E-state index contributed by atoms with van der Waals surface area (Å²) in [6, 6.07) is 0. The fourth-order valence-corrected chi connectivity index (χ4v) is 1.47. The molecular weight excluding hydrogens is 212 g/mol. The topological polar surface area (TPSA) is 82.1 Å². The van der Waals surface area contributed by atoms with Gasteiger partial charge in [-0.05, 0) is 0 Å². The summed E-state index contributed by atoms with van der Waals surface area (Å²) in [6.07, 6.45) is 1.52. The second-order valence-corrected chi connectivity index (χ2v) is 3.23. The van der Waals surface area contributed by atoms with Gasteiger partial charge in [-0.1, -0.05) is 0 Å². The third-order valence-electron chi connectivity index (χ3n) is 2.32. The third-order valence-corrected chi connectivity index (χ3v) is 2.32. The average Bonchev–Trinajstić information content (AvgIpc) is 2.68. The van der Waals surface area contributed by atoms with Crippen LogP contribution < -0.4 is 11.2 Å². The van der Waals surface area contributed by atoms with Crippen LogP contribution in [0.3, 0.4) is 0 Å². The Kier molecular flexibility index (Phi) is 3.28. The zero-order valence-electron chi connectivity index (χ0n) is 9.63. The molecule has 0 radical (unpaired) electrons. The molecule has 2 aromatic rings. The van der Waals surface area contributed by atoms with Gasteiger partial charge in [0.1, 0.15) is 0 Å². The summed E-state index contributed by atoms with van der Waals surface area (Å²) in [4.78, 5) is 27.2. The first kappa shape index (κ1) is 12.2. The van der Waals surface area contributed by atoms with E-state index in [0.29, 0.717) is 11.2 Å². The minimum absolute atomic E-state index is 0.317. The predicted octanol–water partition coefficient (Wildman–Crippen LogP) is -1.42. The lowest BCUT2D eigenvalue weighted by atomic mass is 10.5. The Hall–Kier alpha value is -1.89. The summed E-state index contributed by atoms with van der Waals surface area (Å²) >= 11 is 0. The fraction of sp³-hybridized carbons (Fsp3) is 0.444. The summed E-state index contributed by atoms with van der Waals surface area (Å²) in [5.41, 5.74) is 0.180. The van der Waals surface area contributed by atoms with Gasteiger partial charge in [-0.3, -0.25) is 13.9 Å². The summed E-state index contributed by atoms with van der Waals surface area (Å²) in [5.74, 6) is 0. The number of fused-ring (bicyclic) bond motifs is 1. The molecule has 0 fully saturated rings. The van der Waals surface area contributed by atoms with Crippen LogP contribution in [0, 0.1) is 0 Å². The van der Waals surface area contributed by atoms with Crippen molar-refractivity contribution in [3.05, 3.63) is 27.2 Å². The Morgan fingerprint density at radius 2 is 1.69 bits per heavy atom. The largest absolute Gasteiger partial charge is 0.400 e. The number of rotatable bonds is 0. The van der Waals surface area contributed by atoms with Gasteiger partial charge in [-0.2, -0.15) is 0 Å². The van der Waals surface area contributed by atoms with E-state index >= 15 is 0 Å². The highest BCUT2D eigenvalue weighted by atomic mass is 16.2. The molecular formula is C9H14N4O3. The molecule has 0 unspecified atom stereocenters. The van der Waals surface area contributed by atoms with Gasteiger partial charge < -0.3 is 9.67 Å². The Balaban J connectivity index is 0.000000606. The van der Waals surface area contributed by atoms with Crippen LogP contribution in [-0.2, 0) is 21.1 Å². The number of aliphatic hydroxyl groups excluding tert-OH is 1. The number of hydrogen-bond donors (Lipinski definition) is 1. The molecule has 7 heteroatoms. The first-order chi connectivity index (χ1) is 7.54. The van der Waals surface area contributed by atoms with Crippen LogP contribution in [0.5, 0.6) is 0 Å². The van der Waals surface area contributed by atoms with Gasteiger partial charge in [-0.25, -0.2) is 9.78 Å². The highest BCUT2D eigenvalue weighted by Crippen LogP contribution is 2.01. The molecule has 0 spiro atoms. The molecule has 0 amide bonds. The Bertz CT molecular complexity index is 620. The standard InChI is InChI=1S/C8H10N4O2.CH4O/c1-10-4-9-6-5(10)7(13)12(3)8(14)11(6)2;1-2/h4H,1-3H3;2H,1H3. The first-order valence-electron chi connectivity index (χ1n) is 4.56. The lowest BCUT2D eigenvalue weighted by Gasteiger charge is -2.02. The van der Waals surface area contributed by atoms with E-state index in [2.05, 4.69) is 4.98 Å². The van der Waals surface area contributed by atoms with Crippen LogP contribution in [0.25, 0.3) is 11.2 Å². The van der Waals surface area contributed by atoms with Crippen molar-refractivity contribution in [3.8, 4) is 0 Å². The van der Waals surface area contributed by atoms with Crippen molar-refractivity contribution < 1.29 is 5.11 Å². The van der Waals surface area contributed by atoms with E-state index in [1.807, 2.05) is 0 Å². The Morgan fingerprint density at radius 1 is 1.12 bits per heavy atom. The van der Waals surface area contributed by atoms with Crippen LogP contribution in [0.4, 0.5) is 0 Å². The van der Waals surface area contributed by atoms with Gasteiger partial charge in [0.15, 0.2) is 11.2 Å². The van der Waals surface area contributed by atoms with Gasteiger partial charge in [0, 0.05) is 28.3 Å². The van der Waals surface area contributed by atoms with Gasteiger partial charge in [-0.15, -0.1) is 0 Å². The average molecular weight is 226 g/mol. The molecule has 0 saturated heterocycles. The van der Waals surface area contributed by atoms with E-state index in [4.69, 9.17) is 5.11 Å². The smallest absolute Gasteiger partial charge is 0.332 e. The maximum absolute atomic E-state index is 11.7. The maximum Gasteiger partial charge on any atom is 0.332 e. The van der Waals surface area contributed by atoms with Crippen molar-refractivity contribution >= 4 is 11.2 Å². The van der Waals surface area contributed by atoms with Gasteiger partial charge in [0.25, 0.3) is 5.56 Å². The van der Waals surface area contributed by atoms with Crippen molar-refractivity contribution in [1.82, 2.24) is 18.7 Å². The molecule has 16 heavy (non-hydrogen) atoms. The highest BCUT2D eigenvalue weighted by molar-refractivity contribution is 5.69. The quantitative estimate of drug-likeness (QED) is 0.597. The minimum atomic E-state index is -0.360. The third kappa shape index (κ3) is 1.54. The van der Waals surface area contributed by atoms with Crippen LogP contribution in [0.2, 0.25) is 0 Å². The van der Waals surface area contributed by atoms with Crippen molar-refractivity contribution in [2.75, 3.05) is 7.11 Å². The predicted molar refractivity (Wildman–Crippen MR) is 59.3 cm³/mol. The maximum atomic E-state index is 11.7. The zero-order valence-corrected chi connectivity index (χ0v) is 9.63. The molecule has 0 aromatic carbocycles. The number of aliphatic hydroxyl groups is 1. The van der Waals surface area contributed by atoms with E-state index in [-0.39, 0.29) is 11.2 Å². The summed E-state index contributed by atoms with van der Waals surface area (Å²) in [7, 11) is 5.77. The Labute approximate surface area is 91.2 Å². The summed E-state index contributed by atoms with van der Waals surface area (Å²) in [6.45, 7) is 0. The van der Waals surface area contributed by atoms with E-state index < -0.39 is 0 Å². The van der Waals surface area contributed by atoms with E-state index in [9.17, 15) is 9.59 Å². The van der Waals surface area contributed by atoms with Crippen LogP contribution >= 0.6 is 0 Å². The number of aryl methyl sites for hydroxylation is 2. The highest BCUT2D eigenvalue weighted by Gasteiger charge is 2.11. The van der Waals surface area contributed by atoms with Crippen molar-refractivity contribution in [3.63, 3.8) is 0 Å². The van der Waals surface area contributed by atoms with Crippen molar-refractivity contribution in [2.45, 2.75) is 0 Å². The molecule has 0 aliphatic rings. The van der Waals surface area contributed by atoms with Gasteiger partial charge >= 0.3 is 5.69 Å². The van der Waals surface area contributed by atoms with Crippen LogP contribution in [0.15, 0.2) is 15.9 Å². The molecule has 0 aliphatic heterocycles. The molecule has 88 valence electrons. The van der Waals surface area contributed by atoms with E-state index in [1.54, 1.807) is 18.7 Å². The van der Waals surface area contributed by atoms with Gasteiger partial charge in [0.2, 0.25) is 0 Å². The SMILES string of the molecule is CO.Cn1c(=O)c2c(ncn2C)n(C)c1=O. The molecule has 0 bridgehead atoms. The second kappa shape index (κ2) is 4.31. The number of nitrogens with zero attached hydrogens (tertiary/aromatic N) is 4. The van der Waals surface area contributed by atoms with E-state index in [0.717, 1.165) is 11.7 Å².